The van der Waals surface area contributed by atoms with Gasteiger partial charge in [0.1, 0.15) is 17.8 Å². The lowest BCUT2D eigenvalue weighted by Crippen LogP contribution is -2.51. The van der Waals surface area contributed by atoms with Crippen LogP contribution >= 0.6 is 0 Å². The first-order valence-corrected chi connectivity index (χ1v) is 9.37. The average Bonchev–Trinajstić information content (AvgIpc) is 2.72. The zero-order chi connectivity index (χ0) is 22.9. The Morgan fingerprint density at radius 3 is 2.45 bits per heavy atom. The largest absolute Gasteiger partial charge is 0.390 e. The number of carbonyl (C=O) groups is 2. The summed E-state index contributed by atoms with van der Waals surface area (Å²) in [6.45, 7) is 0.401. The highest BCUT2D eigenvalue weighted by Crippen LogP contribution is 2.34. The van der Waals surface area contributed by atoms with Crippen LogP contribution in [0, 0.1) is 18.6 Å². The van der Waals surface area contributed by atoms with Gasteiger partial charge in [-0.05, 0) is 55.3 Å². The van der Waals surface area contributed by atoms with E-state index in [0.29, 0.717) is 17.0 Å². The normalized spacial score (nSPS) is 19.3. The minimum absolute atomic E-state index is 0.193. The second kappa shape index (κ2) is 8.62. The molecule has 1 heterocycles. The van der Waals surface area contributed by atoms with Gasteiger partial charge in [0.2, 0.25) is 0 Å². The number of aryl methyl sites for hydroxylation is 1. The predicted molar refractivity (Wildman–Crippen MR) is 101 cm³/mol. The first kappa shape index (κ1) is 22.7. The molecule has 2 unspecified atom stereocenters. The van der Waals surface area contributed by atoms with Crippen molar-refractivity contribution in [1.82, 2.24) is 4.90 Å². The highest BCUT2D eigenvalue weighted by Gasteiger charge is 2.48. The summed E-state index contributed by atoms with van der Waals surface area (Å²) in [7, 11) is 0. The van der Waals surface area contributed by atoms with Crippen LogP contribution in [0.4, 0.5) is 27.6 Å². The number of amides is 2. The minimum atomic E-state index is -4.37. The van der Waals surface area contributed by atoms with E-state index in [0.717, 1.165) is 12.1 Å². The highest BCUT2D eigenvalue weighted by atomic mass is 19.3. The van der Waals surface area contributed by atoms with Gasteiger partial charge in [0, 0.05) is 17.8 Å². The zero-order valence-electron chi connectivity index (χ0n) is 16.3. The van der Waals surface area contributed by atoms with E-state index in [4.69, 9.17) is 0 Å². The van der Waals surface area contributed by atoms with Gasteiger partial charge < -0.3 is 15.3 Å². The Balaban J connectivity index is 1.84. The molecule has 10 heteroatoms. The van der Waals surface area contributed by atoms with E-state index in [2.05, 4.69) is 5.32 Å². The van der Waals surface area contributed by atoms with Crippen LogP contribution < -0.4 is 5.32 Å². The van der Waals surface area contributed by atoms with E-state index in [1.807, 2.05) is 0 Å². The molecule has 0 spiro atoms. The summed E-state index contributed by atoms with van der Waals surface area (Å²) in [5, 5.41) is 11.7. The number of aliphatic hydroxyl groups excluding tert-OH is 1. The van der Waals surface area contributed by atoms with Crippen LogP contribution in [0.1, 0.15) is 27.9 Å². The van der Waals surface area contributed by atoms with Crippen LogP contribution in [0.2, 0.25) is 0 Å². The molecule has 1 saturated heterocycles. The molecule has 3 rings (SSSR count). The molecular formula is C21H19F5N2O3. The Morgan fingerprint density at radius 2 is 1.81 bits per heavy atom. The first-order valence-electron chi connectivity index (χ1n) is 9.37. The lowest BCUT2D eigenvalue weighted by molar-refractivity contribution is -0.163. The molecule has 0 radical (unpaired) electrons. The third kappa shape index (κ3) is 4.68. The number of halogens is 5. The molecule has 0 bridgehead atoms. The summed E-state index contributed by atoms with van der Waals surface area (Å²) < 4.78 is 70.8. The number of nitrogens with one attached hydrogen (secondary N) is 1. The van der Waals surface area contributed by atoms with Crippen LogP contribution in [0.15, 0.2) is 36.4 Å². The van der Waals surface area contributed by atoms with Crippen molar-refractivity contribution in [2.75, 3.05) is 18.4 Å². The molecule has 1 aliphatic rings. The number of rotatable bonds is 4. The number of aliphatic hydroxyl groups is 1. The van der Waals surface area contributed by atoms with Gasteiger partial charge in [-0.2, -0.15) is 8.78 Å². The summed E-state index contributed by atoms with van der Waals surface area (Å²) in [4.78, 5) is 25.2. The van der Waals surface area contributed by atoms with Crippen molar-refractivity contribution >= 4 is 17.5 Å². The Kier molecular flexibility index (Phi) is 6.30. The lowest BCUT2D eigenvalue weighted by atomic mass is 10.0. The van der Waals surface area contributed by atoms with Gasteiger partial charge in [-0.25, -0.2) is 13.2 Å². The second-order valence-corrected chi connectivity index (χ2v) is 7.31. The van der Waals surface area contributed by atoms with Crippen LogP contribution in [0.3, 0.4) is 0 Å². The van der Waals surface area contributed by atoms with Crippen molar-refractivity contribution in [3.63, 3.8) is 0 Å². The molecule has 0 aromatic heterocycles. The van der Waals surface area contributed by atoms with Gasteiger partial charge >= 0.3 is 5.92 Å². The molecule has 2 atom stereocenters. The number of alkyl halides is 3. The monoisotopic (exact) mass is 442 g/mol. The van der Waals surface area contributed by atoms with Crippen molar-refractivity contribution in [1.29, 1.82) is 0 Å². The van der Waals surface area contributed by atoms with Crippen LogP contribution in [-0.4, -0.2) is 47.2 Å². The summed E-state index contributed by atoms with van der Waals surface area (Å²) in [5.74, 6) is -8.98. The summed E-state index contributed by atoms with van der Waals surface area (Å²) in [6.07, 6.45) is -3.49. The van der Waals surface area contributed by atoms with E-state index in [9.17, 15) is 36.6 Å². The van der Waals surface area contributed by atoms with Gasteiger partial charge in [-0.1, -0.05) is 0 Å². The quantitative estimate of drug-likeness (QED) is 0.712. The fourth-order valence-corrected chi connectivity index (χ4v) is 3.22. The standard InChI is InChI=1S/C21H19F5N2O3/c1-11-8-13(3-5-15(11)22)27-19(30)12-2-4-16(23)14(9-12)21(25,26)20(31)28-7-6-18(29)17(24)10-28/h2-5,8-9,17-18,29H,6-7,10H2,1H3,(H,27,30). The smallest absolute Gasteiger partial charge is 0.352 e. The number of piperidine rings is 1. The second-order valence-electron chi connectivity index (χ2n) is 7.31. The molecule has 166 valence electrons. The van der Waals surface area contributed by atoms with Gasteiger partial charge in [0.25, 0.3) is 11.8 Å². The van der Waals surface area contributed by atoms with Crippen molar-refractivity contribution in [2.24, 2.45) is 0 Å². The number of nitrogens with zero attached hydrogens (tertiary/aromatic N) is 1. The Bertz CT molecular complexity index is 1010. The first-order chi connectivity index (χ1) is 14.5. The molecule has 2 aromatic carbocycles. The third-order valence-electron chi connectivity index (χ3n) is 5.05. The molecular weight excluding hydrogens is 423 g/mol. The summed E-state index contributed by atoms with van der Waals surface area (Å²) >= 11 is 0. The SMILES string of the molecule is Cc1cc(NC(=O)c2ccc(F)c(C(F)(F)C(=O)N3CCC(O)C(F)C3)c2)ccc1F. The number of carbonyl (C=O) groups excluding carboxylic acids is 2. The molecule has 2 amide bonds. The third-order valence-corrected chi connectivity index (χ3v) is 5.05. The minimum Gasteiger partial charge on any atom is -0.390 e. The molecule has 2 N–H and O–H groups in total. The molecule has 5 nitrogen and oxygen atoms in total. The molecule has 2 aromatic rings. The van der Waals surface area contributed by atoms with E-state index in [1.165, 1.54) is 19.1 Å². The molecule has 1 fully saturated rings. The number of hydrogen-bond acceptors (Lipinski definition) is 3. The van der Waals surface area contributed by atoms with Crippen LogP contribution in [0.25, 0.3) is 0 Å². The van der Waals surface area contributed by atoms with Crippen molar-refractivity contribution < 1.29 is 36.6 Å². The zero-order valence-corrected chi connectivity index (χ0v) is 16.3. The number of anilines is 1. The van der Waals surface area contributed by atoms with E-state index >= 15 is 0 Å². The van der Waals surface area contributed by atoms with Crippen molar-refractivity contribution in [2.45, 2.75) is 31.5 Å². The molecule has 0 aliphatic carbocycles. The maximum absolute atomic E-state index is 14.8. The summed E-state index contributed by atoms with van der Waals surface area (Å²) in [6, 6.07) is 5.83. The molecule has 1 aliphatic heterocycles. The Morgan fingerprint density at radius 1 is 1.13 bits per heavy atom. The Labute approximate surface area is 174 Å². The van der Waals surface area contributed by atoms with E-state index in [-0.39, 0.29) is 29.8 Å². The fraction of sp³-hybridized carbons (Fsp3) is 0.333. The van der Waals surface area contributed by atoms with Gasteiger partial charge in [-0.15, -0.1) is 0 Å². The highest BCUT2D eigenvalue weighted by molar-refractivity contribution is 6.04. The summed E-state index contributed by atoms with van der Waals surface area (Å²) in [5.41, 5.74) is -1.25. The molecule has 0 saturated carbocycles. The number of benzene rings is 2. The maximum atomic E-state index is 14.8. The fourth-order valence-electron chi connectivity index (χ4n) is 3.22. The Hall–Kier alpha value is -3.01. The van der Waals surface area contributed by atoms with Crippen LogP contribution in [0.5, 0.6) is 0 Å². The molecule has 31 heavy (non-hydrogen) atoms. The predicted octanol–water partition coefficient (Wildman–Crippen LogP) is 3.55. The number of hydrogen-bond donors (Lipinski definition) is 2. The van der Waals surface area contributed by atoms with Gasteiger partial charge in [-0.3, -0.25) is 9.59 Å². The van der Waals surface area contributed by atoms with Crippen molar-refractivity contribution in [3.05, 3.63) is 64.7 Å². The van der Waals surface area contributed by atoms with Crippen molar-refractivity contribution in [3.8, 4) is 0 Å². The van der Waals surface area contributed by atoms with Crippen LogP contribution in [-0.2, 0) is 10.7 Å². The van der Waals surface area contributed by atoms with Gasteiger partial charge in [0.15, 0.2) is 0 Å². The topological polar surface area (TPSA) is 69.6 Å². The van der Waals surface area contributed by atoms with Gasteiger partial charge in [0.05, 0.1) is 18.2 Å². The van der Waals surface area contributed by atoms with E-state index < -0.39 is 53.8 Å². The lowest BCUT2D eigenvalue weighted by Gasteiger charge is -2.34. The van der Waals surface area contributed by atoms with E-state index in [1.54, 1.807) is 0 Å². The maximum Gasteiger partial charge on any atom is 0.352 e. The average molecular weight is 442 g/mol. The number of likely N-dealkylation sites (tertiary alicyclic amines) is 1.